The van der Waals surface area contributed by atoms with Gasteiger partial charge in [0.2, 0.25) is 0 Å². The minimum absolute atomic E-state index is 0.0680. The lowest BCUT2D eigenvalue weighted by Crippen LogP contribution is -2.30. The van der Waals surface area contributed by atoms with Crippen LogP contribution in [0.25, 0.3) is 0 Å². The predicted molar refractivity (Wildman–Crippen MR) is 75.5 cm³/mol. The highest BCUT2D eigenvalue weighted by Crippen LogP contribution is 2.13. The Bertz CT molecular complexity index is 447. The van der Waals surface area contributed by atoms with Gasteiger partial charge < -0.3 is 20.5 Å². The molecule has 0 atom stereocenters. The second-order valence-corrected chi connectivity index (χ2v) is 4.18. The van der Waals surface area contributed by atoms with Crippen LogP contribution in [0, 0.1) is 0 Å². The van der Waals surface area contributed by atoms with E-state index >= 15 is 0 Å². The van der Waals surface area contributed by atoms with Gasteiger partial charge in [0.15, 0.2) is 10.8 Å². The van der Waals surface area contributed by atoms with Crippen LogP contribution < -0.4 is 10.6 Å². The van der Waals surface area contributed by atoms with Crippen molar-refractivity contribution in [3.05, 3.63) is 11.9 Å². The second-order valence-electron chi connectivity index (χ2n) is 3.77. The van der Waals surface area contributed by atoms with Crippen LogP contribution in [0.5, 0.6) is 0 Å². The van der Waals surface area contributed by atoms with Crippen LogP contribution in [0.3, 0.4) is 0 Å². The number of carbonyl (C=O) groups is 1. The minimum Gasteiger partial charge on any atom is -0.476 e. The molecular weight excluding hydrogens is 268 g/mol. The fourth-order valence-corrected chi connectivity index (χ4v) is 1.68. The van der Waals surface area contributed by atoms with Gasteiger partial charge in [-0.3, -0.25) is 4.68 Å². The van der Waals surface area contributed by atoms with Gasteiger partial charge in [-0.05, 0) is 25.6 Å². The van der Waals surface area contributed by atoms with Gasteiger partial charge in [-0.25, -0.2) is 4.79 Å². The van der Waals surface area contributed by atoms with Gasteiger partial charge in [0, 0.05) is 26.8 Å². The van der Waals surface area contributed by atoms with Gasteiger partial charge in [0.1, 0.15) is 0 Å². The molecule has 0 aromatic carbocycles. The summed E-state index contributed by atoms with van der Waals surface area (Å²) in [4.78, 5) is 11.0. The minimum atomic E-state index is -1.05. The Hall–Kier alpha value is -1.67. The quantitative estimate of drug-likeness (QED) is 0.505. The standard InChI is InChI=1S/C11H18N4O3S/c1-3-18-6-4-5-12-11(19)14-8-7-13-15(2)9(8)10(16)17/h7H,3-6H2,1-2H3,(H,16,17)(H2,12,14,19). The third-order valence-electron chi connectivity index (χ3n) is 2.34. The lowest BCUT2D eigenvalue weighted by Gasteiger charge is -2.09. The summed E-state index contributed by atoms with van der Waals surface area (Å²) in [6, 6.07) is 0. The number of aromatic nitrogens is 2. The molecule has 3 N–H and O–H groups in total. The number of anilines is 1. The molecule has 19 heavy (non-hydrogen) atoms. The molecule has 0 fully saturated rings. The van der Waals surface area contributed by atoms with E-state index in [0.29, 0.717) is 30.6 Å². The molecule has 0 amide bonds. The monoisotopic (exact) mass is 286 g/mol. The Morgan fingerprint density at radius 2 is 2.37 bits per heavy atom. The fourth-order valence-electron chi connectivity index (χ4n) is 1.47. The highest BCUT2D eigenvalue weighted by molar-refractivity contribution is 7.80. The zero-order valence-corrected chi connectivity index (χ0v) is 11.8. The molecule has 1 aromatic rings. The number of hydrogen-bond acceptors (Lipinski definition) is 4. The van der Waals surface area contributed by atoms with Crippen LogP contribution in [0.1, 0.15) is 23.8 Å². The maximum Gasteiger partial charge on any atom is 0.356 e. The number of hydrogen-bond donors (Lipinski definition) is 3. The number of rotatable bonds is 7. The third kappa shape index (κ3) is 4.84. The van der Waals surface area contributed by atoms with E-state index in [1.165, 1.54) is 10.9 Å². The summed E-state index contributed by atoms with van der Waals surface area (Å²) in [5.41, 5.74) is 0.441. The van der Waals surface area contributed by atoms with Gasteiger partial charge >= 0.3 is 5.97 Å². The van der Waals surface area contributed by atoms with Crippen LogP contribution in [0.2, 0.25) is 0 Å². The Balaban J connectivity index is 2.42. The summed E-state index contributed by atoms with van der Waals surface area (Å²) in [5.74, 6) is -1.05. The molecule has 0 radical (unpaired) electrons. The lowest BCUT2D eigenvalue weighted by molar-refractivity contribution is 0.0686. The Kier molecular flexibility index (Phi) is 6.23. The fraction of sp³-hybridized carbons (Fsp3) is 0.545. The van der Waals surface area contributed by atoms with Crippen LogP contribution in [-0.2, 0) is 11.8 Å². The van der Waals surface area contributed by atoms with E-state index in [4.69, 9.17) is 22.1 Å². The van der Waals surface area contributed by atoms with Crippen molar-refractivity contribution in [2.24, 2.45) is 7.05 Å². The van der Waals surface area contributed by atoms with Crippen molar-refractivity contribution < 1.29 is 14.6 Å². The SMILES string of the molecule is CCOCCCNC(=S)Nc1cnn(C)c1C(=O)O. The Labute approximate surface area is 116 Å². The molecule has 106 valence electrons. The molecule has 1 heterocycles. The molecule has 0 unspecified atom stereocenters. The smallest absolute Gasteiger partial charge is 0.356 e. The molecule has 0 bridgehead atoms. The zero-order chi connectivity index (χ0) is 14.3. The molecule has 0 spiro atoms. The van der Waals surface area contributed by atoms with Gasteiger partial charge in [-0.2, -0.15) is 5.10 Å². The molecule has 0 aliphatic rings. The van der Waals surface area contributed by atoms with Crippen molar-refractivity contribution in [2.75, 3.05) is 25.1 Å². The Morgan fingerprint density at radius 3 is 3.00 bits per heavy atom. The number of aromatic carboxylic acids is 1. The second kappa shape index (κ2) is 7.70. The number of ether oxygens (including phenoxy) is 1. The summed E-state index contributed by atoms with van der Waals surface area (Å²) < 4.78 is 6.47. The summed E-state index contributed by atoms with van der Waals surface area (Å²) >= 11 is 5.08. The molecule has 1 aromatic heterocycles. The van der Waals surface area contributed by atoms with Crippen LogP contribution in [0.15, 0.2) is 6.20 Å². The Morgan fingerprint density at radius 1 is 1.63 bits per heavy atom. The first-order chi connectivity index (χ1) is 9.06. The summed E-state index contributed by atoms with van der Waals surface area (Å²) in [5, 5.41) is 19.1. The number of carboxylic acids is 1. The topological polar surface area (TPSA) is 88.4 Å². The van der Waals surface area contributed by atoms with Crippen molar-refractivity contribution in [3.8, 4) is 0 Å². The number of thiocarbonyl (C=S) groups is 1. The van der Waals surface area contributed by atoms with Crippen molar-refractivity contribution in [1.29, 1.82) is 0 Å². The van der Waals surface area contributed by atoms with Crippen LogP contribution in [-0.4, -0.2) is 45.7 Å². The summed E-state index contributed by atoms with van der Waals surface area (Å²) in [7, 11) is 1.56. The highest BCUT2D eigenvalue weighted by Gasteiger charge is 2.16. The predicted octanol–water partition coefficient (Wildman–Crippen LogP) is 0.831. The molecule has 0 aliphatic heterocycles. The number of nitrogens with zero attached hydrogens (tertiary/aromatic N) is 2. The van der Waals surface area contributed by atoms with Crippen molar-refractivity contribution in [1.82, 2.24) is 15.1 Å². The third-order valence-corrected chi connectivity index (χ3v) is 2.59. The van der Waals surface area contributed by atoms with Crippen LogP contribution in [0.4, 0.5) is 5.69 Å². The highest BCUT2D eigenvalue weighted by atomic mass is 32.1. The van der Waals surface area contributed by atoms with Gasteiger partial charge in [-0.15, -0.1) is 0 Å². The van der Waals surface area contributed by atoms with E-state index in [0.717, 1.165) is 6.42 Å². The van der Waals surface area contributed by atoms with Crippen molar-refractivity contribution in [2.45, 2.75) is 13.3 Å². The average molecular weight is 286 g/mol. The maximum absolute atomic E-state index is 11.0. The zero-order valence-electron chi connectivity index (χ0n) is 11.0. The summed E-state index contributed by atoms with van der Waals surface area (Å²) in [6.45, 7) is 3.96. The lowest BCUT2D eigenvalue weighted by atomic mass is 10.3. The molecule has 8 heteroatoms. The molecule has 1 rings (SSSR count). The average Bonchev–Trinajstić information content (AvgIpc) is 2.70. The van der Waals surface area contributed by atoms with E-state index in [-0.39, 0.29) is 5.69 Å². The number of aryl methyl sites for hydroxylation is 1. The van der Waals surface area contributed by atoms with Crippen LogP contribution >= 0.6 is 12.2 Å². The normalized spacial score (nSPS) is 10.2. The molecular formula is C11H18N4O3S. The number of nitrogens with one attached hydrogen (secondary N) is 2. The number of carboxylic acid groups (broad SMARTS) is 1. The molecule has 0 saturated heterocycles. The van der Waals surface area contributed by atoms with Gasteiger partial charge in [-0.1, -0.05) is 0 Å². The van der Waals surface area contributed by atoms with Gasteiger partial charge in [0.05, 0.1) is 11.9 Å². The van der Waals surface area contributed by atoms with Crippen molar-refractivity contribution >= 4 is 29.0 Å². The van der Waals surface area contributed by atoms with E-state index in [1.807, 2.05) is 6.92 Å². The maximum atomic E-state index is 11.0. The molecule has 0 aliphatic carbocycles. The summed E-state index contributed by atoms with van der Waals surface area (Å²) in [6.07, 6.45) is 2.26. The molecule has 0 saturated carbocycles. The first kappa shape index (κ1) is 15.4. The van der Waals surface area contributed by atoms with E-state index in [1.54, 1.807) is 7.05 Å². The van der Waals surface area contributed by atoms with Crippen molar-refractivity contribution in [3.63, 3.8) is 0 Å². The molecule has 7 nitrogen and oxygen atoms in total. The van der Waals surface area contributed by atoms with Gasteiger partial charge in [0.25, 0.3) is 0 Å². The van der Waals surface area contributed by atoms with E-state index in [9.17, 15) is 4.79 Å². The van der Waals surface area contributed by atoms with E-state index < -0.39 is 5.97 Å². The van der Waals surface area contributed by atoms with E-state index in [2.05, 4.69) is 15.7 Å². The largest absolute Gasteiger partial charge is 0.476 e. The first-order valence-corrected chi connectivity index (χ1v) is 6.35. The first-order valence-electron chi connectivity index (χ1n) is 5.94.